The number of carbonyl (C=O) groups excluding carboxylic acids is 1. The first-order chi connectivity index (χ1) is 12.1. The van der Waals surface area contributed by atoms with Crippen molar-refractivity contribution >= 4 is 27.5 Å². The SMILES string of the molecule is Cc1ccc(NC(=O)CN[C@H](c2ccccc2)c2ccco2)c(Br)c1. The summed E-state index contributed by atoms with van der Waals surface area (Å²) in [6.45, 7) is 2.17. The number of amides is 1. The lowest BCUT2D eigenvalue weighted by Crippen LogP contribution is -2.31. The van der Waals surface area contributed by atoms with Crippen molar-refractivity contribution in [1.29, 1.82) is 0 Å². The van der Waals surface area contributed by atoms with Gasteiger partial charge in [-0.2, -0.15) is 0 Å². The molecule has 0 bridgehead atoms. The predicted molar refractivity (Wildman–Crippen MR) is 103 cm³/mol. The molecule has 0 spiro atoms. The van der Waals surface area contributed by atoms with E-state index < -0.39 is 0 Å². The summed E-state index contributed by atoms with van der Waals surface area (Å²) in [4.78, 5) is 12.3. The fraction of sp³-hybridized carbons (Fsp3) is 0.150. The molecule has 0 fully saturated rings. The predicted octanol–water partition coefficient (Wildman–Crippen LogP) is 4.67. The highest BCUT2D eigenvalue weighted by atomic mass is 79.9. The normalized spacial score (nSPS) is 11.9. The zero-order valence-corrected chi connectivity index (χ0v) is 15.4. The van der Waals surface area contributed by atoms with Gasteiger partial charge >= 0.3 is 0 Å². The van der Waals surface area contributed by atoms with Gasteiger partial charge in [-0.3, -0.25) is 10.1 Å². The number of nitrogens with one attached hydrogen (secondary N) is 2. The molecule has 0 unspecified atom stereocenters. The number of hydrogen-bond acceptors (Lipinski definition) is 3. The van der Waals surface area contributed by atoms with Gasteiger partial charge in [0, 0.05) is 4.47 Å². The summed E-state index contributed by atoms with van der Waals surface area (Å²) in [6.07, 6.45) is 1.64. The lowest BCUT2D eigenvalue weighted by molar-refractivity contribution is -0.115. The molecule has 1 aromatic heterocycles. The number of hydrogen-bond donors (Lipinski definition) is 2. The van der Waals surface area contributed by atoms with Gasteiger partial charge in [0.15, 0.2) is 0 Å². The number of halogens is 1. The quantitative estimate of drug-likeness (QED) is 0.634. The van der Waals surface area contributed by atoms with E-state index in [0.29, 0.717) is 0 Å². The van der Waals surface area contributed by atoms with Gasteiger partial charge in [-0.1, -0.05) is 36.4 Å². The van der Waals surface area contributed by atoms with Crippen molar-refractivity contribution in [2.45, 2.75) is 13.0 Å². The van der Waals surface area contributed by atoms with Crippen LogP contribution in [0.4, 0.5) is 5.69 Å². The number of anilines is 1. The zero-order valence-electron chi connectivity index (χ0n) is 13.8. The topological polar surface area (TPSA) is 54.3 Å². The van der Waals surface area contributed by atoms with E-state index in [4.69, 9.17) is 4.42 Å². The number of carbonyl (C=O) groups is 1. The molecular formula is C20H19BrN2O2. The molecule has 0 radical (unpaired) electrons. The number of aryl methyl sites for hydroxylation is 1. The monoisotopic (exact) mass is 398 g/mol. The summed E-state index contributed by atoms with van der Waals surface area (Å²) in [7, 11) is 0. The minimum atomic E-state index is -0.177. The van der Waals surface area contributed by atoms with E-state index in [2.05, 4.69) is 26.6 Å². The maximum Gasteiger partial charge on any atom is 0.238 e. The van der Waals surface area contributed by atoms with E-state index in [1.165, 1.54) is 0 Å². The Balaban J connectivity index is 1.68. The summed E-state index contributed by atoms with van der Waals surface area (Å²) in [5.41, 5.74) is 2.93. The summed E-state index contributed by atoms with van der Waals surface area (Å²) in [6, 6.07) is 19.3. The third-order valence-corrected chi connectivity index (χ3v) is 4.48. The Kier molecular flexibility index (Phi) is 5.68. The Hall–Kier alpha value is -2.37. The largest absolute Gasteiger partial charge is 0.467 e. The van der Waals surface area contributed by atoms with Crippen molar-refractivity contribution in [3.63, 3.8) is 0 Å². The molecule has 3 rings (SSSR count). The summed E-state index contributed by atoms with van der Waals surface area (Å²) >= 11 is 3.47. The van der Waals surface area contributed by atoms with Crippen LogP contribution in [0, 0.1) is 6.92 Å². The second-order valence-electron chi connectivity index (χ2n) is 5.77. The van der Waals surface area contributed by atoms with E-state index in [-0.39, 0.29) is 18.5 Å². The second kappa shape index (κ2) is 8.14. The minimum absolute atomic E-state index is 0.114. The third kappa shape index (κ3) is 4.59. The smallest absolute Gasteiger partial charge is 0.238 e. The lowest BCUT2D eigenvalue weighted by atomic mass is 10.0. The fourth-order valence-electron chi connectivity index (χ4n) is 2.59. The van der Waals surface area contributed by atoms with Gasteiger partial charge in [0.05, 0.1) is 24.5 Å². The first kappa shape index (κ1) is 17.5. The summed E-state index contributed by atoms with van der Waals surface area (Å²) in [5.74, 6) is 0.660. The molecular weight excluding hydrogens is 380 g/mol. The van der Waals surface area contributed by atoms with Gasteiger partial charge in [-0.05, 0) is 58.2 Å². The lowest BCUT2D eigenvalue weighted by Gasteiger charge is -2.17. The van der Waals surface area contributed by atoms with Crippen LogP contribution in [0.25, 0.3) is 0 Å². The molecule has 2 N–H and O–H groups in total. The molecule has 1 atom stereocenters. The molecule has 3 aromatic rings. The molecule has 25 heavy (non-hydrogen) atoms. The minimum Gasteiger partial charge on any atom is -0.467 e. The van der Waals surface area contributed by atoms with E-state index >= 15 is 0 Å². The van der Waals surface area contributed by atoms with Crippen molar-refractivity contribution in [1.82, 2.24) is 5.32 Å². The number of benzene rings is 2. The Labute approximate surface area is 155 Å². The molecule has 5 heteroatoms. The van der Waals surface area contributed by atoms with Gasteiger partial charge in [0.2, 0.25) is 5.91 Å². The first-order valence-corrected chi connectivity index (χ1v) is 8.80. The Morgan fingerprint density at radius 1 is 1.12 bits per heavy atom. The van der Waals surface area contributed by atoms with Gasteiger partial charge in [0.25, 0.3) is 0 Å². The average Bonchev–Trinajstić information content (AvgIpc) is 3.13. The van der Waals surface area contributed by atoms with Crippen molar-refractivity contribution in [3.8, 4) is 0 Å². The van der Waals surface area contributed by atoms with Crippen LogP contribution < -0.4 is 10.6 Å². The zero-order chi connectivity index (χ0) is 17.6. The molecule has 0 aliphatic carbocycles. The molecule has 128 valence electrons. The van der Waals surface area contributed by atoms with Crippen LogP contribution in [0.15, 0.2) is 75.8 Å². The average molecular weight is 399 g/mol. The Morgan fingerprint density at radius 2 is 1.92 bits per heavy atom. The number of furan rings is 1. The third-order valence-electron chi connectivity index (χ3n) is 3.83. The van der Waals surface area contributed by atoms with Crippen molar-refractivity contribution < 1.29 is 9.21 Å². The highest BCUT2D eigenvalue weighted by Crippen LogP contribution is 2.24. The van der Waals surface area contributed by atoms with Crippen LogP contribution in [0.5, 0.6) is 0 Å². The Bertz CT molecular complexity index is 832. The van der Waals surface area contributed by atoms with Crippen LogP contribution in [0.3, 0.4) is 0 Å². The van der Waals surface area contributed by atoms with Crippen LogP contribution >= 0.6 is 15.9 Å². The second-order valence-corrected chi connectivity index (χ2v) is 6.63. The highest BCUT2D eigenvalue weighted by Gasteiger charge is 2.17. The van der Waals surface area contributed by atoms with E-state index in [1.54, 1.807) is 6.26 Å². The van der Waals surface area contributed by atoms with E-state index in [1.807, 2.05) is 67.6 Å². The molecule has 2 aromatic carbocycles. The van der Waals surface area contributed by atoms with Crippen molar-refractivity contribution in [2.75, 3.05) is 11.9 Å². The molecule has 1 heterocycles. The number of rotatable bonds is 6. The highest BCUT2D eigenvalue weighted by molar-refractivity contribution is 9.10. The van der Waals surface area contributed by atoms with E-state index in [0.717, 1.165) is 27.0 Å². The van der Waals surface area contributed by atoms with Crippen LogP contribution in [-0.2, 0) is 4.79 Å². The standard InChI is InChI=1S/C20H19BrN2O2/c1-14-9-10-17(16(21)12-14)23-19(24)13-22-20(18-8-5-11-25-18)15-6-3-2-4-7-15/h2-12,20,22H,13H2,1H3,(H,23,24)/t20-/m1/s1. The summed E-state index contributed by atoms with van der Waals surface area (Å²) < 4.78 is 6.40. The summed E-state index contributed by atoms with van der Waals surface area (Å²) in [5, 5.41) is 6.18. The Morgan fingerprint density at radius 3 is 2.60 bits per heavy atom. The molecule has 1 amide bonds. The van der Waals surface area contributed by atoms with Crippen LogP contribution in [0.2, 0.25) is 0 Å². The van der Waals surface area contributed by atoms with E-state index in [9.17, 15) is 4.79 Å². The maximum atomic E-state index is 12.3. The van der Waals surface area contributed by atoms with Gasteiger partial charge < -0.3 is 9.73 Å². The fourth-order valence-corrected chi connectivity index (χ4v) is 3.19. The molecule has 0 saturated carbocycles. The molecule has 0 aliphatic rings. The van der Waals surface area contributed by atoms with Crippen LogP contribution in [-0.4, -0.2) is 12.5 Å². The first-order valence-electron chi connectivity index (χ1n) is 8.01. The van der Waals surface area contributed by atoms with Gasteiger partial charge in [-0.15, -0.1) is 0 Å². The molecule has 4 nitrogen and oxygen atoms in total. The van der Waals surface area contributed by atoms with Gasteiger partial charge in [0.1, 0.15) is 5.76 Å². The van der Waals surface area contributed by atoms with Crippen LogP contribution in [0.1, 0.15) is 22.9 Å². The molecule has 0 saturated heterocycles. The molecule has 0 aliphatic heterocycles. The van der Waals surface area contributed by atoms with Crippen molar-refractivity contribution in [3.05, 3.63) is 88.3 Å². The van der Waals surface area contributed by atoms with Gasteiger partial charge in [-0.25, -0.2) is 0 Å². The maximum absolute atomic E-state index is 12.3. The van der Waals surface area contributed by atoms with Crippen molar-refractivity contribution in [2.24, 2.45) is 0 Å².